The number of fused-ring (bicyclic) bond motifs is 1. The molecule has 0 atom stereocenters. The van der Waals surface area contributed by atoms with Crippen LogP contribution in [0.25, 0.3) is 10.2 Å². The zero-order chi connectivity index (χ0) is 22.0. The van der Waals surface area contributed by atoms with Crippen molar-refractivity contribution in [2.75, 3.05) is 12.0 Å². The van der Waals surface area contributed by atoms with Gasteiger partial charge in [-0.2, -0.15) is 0 Å². The number of hydrogen-bond acceptors (Lipinski definition) is 5. The van der Waals surface area contributed by atoms with Gasteiger partial charge < -0.3 is 4.74 Å². The number of benzene rings is 3. The van der Waals surface area contributed by atoms with Gasteiger partial charge in [0.2, 0.25) is 0 Å². The molecular weight excluding hydrogens is 432 g/mol. The molecule has 0 fully saturated rings. The number of rotatable bonds is 5. The van der Waals surface area contributed by atoms with Crippen molar-refractivity contribution in [3.63, 3.8) is 0 Å². The Morgan fingerprint density at radius 2 is 1.71 bits per heavy atom. The molecule has 5 nitrogen and oxygen atoms in total. The monoisotopic (exact) mass is 450 g/mol. The van der Waals surface area contributed by atoms with E-state index in [4.69, 9.17) is 21.3 Å². The number of aromatic nitrogens is 1. The van der Waals surface area contributed by atoms with E-state index in [0.29, 0.717) is 27.8 Å². The minimum Gasteiger partial charge on any atom is -0.465 e. The highest BCUT2D eigenvalue weighted by Gasteiger charge is 2.23. The summed E-state index contributed by atoms with van der Waals surface area (Å²) in [6.07, 6.45) is 0. The number of hydrogen-bond donors (Lipinski definition) is 0. The zero-order valence-corrected chi connectivity index (χ0v) is 18.5. The number of esters is 1. The van der Waals surface area contributed by atoms with E-state index >= 15 is 0 Å². The number of anilines is 1. The van der Waals surface area contributed by atoms with Crippen LogP contribution in [-0.4, -0.2) is 24.0 Å². The molecule has 0 spiro atoms. The molecule has 0 radical (unpaired) electrons. The molecule has 0 aliphatic rings. The van der Waals surface area contributed by atoms with E-state index in [0.717, 1.165) is 21.3 Å². The number of carbonyl (C=O) groups excluding carboxylic acids is 2. The van der Waals surface area contributed by atoms with Gasteiger partial charge in [0.1, 0.15) is 0 Å². The Hall–Kier alpha value is -3.22. The first-order valence-electron chi connectivity index (χ1n) is 9.57. The predicted molar refractivity (Wildman–Crippen MR) is 124 cm³/mol. The van der Waals surface area contributed by atoms with E-state index in [-0.39, 0.29) is 5.91 Å². The lowest BCUT2D eigenvalue weighted by molar-refractivity contribution is 0.0600. The quantitative estimate of drug-likeness (QED) is 0.355. The predicted octanol–water partition coefficient (Wildman–Crippen LogP) is 5.89. The largest absolute Gasteiger partial charge is 0.465 e. The van der Waals surface area contributed by atoms with Gasteiger partial charge in [-0.3, -0.25) is 9.69 Å². The number of amides is 1. The maximum Gasteiger partial charge on any atom is 0.337 e. The molecule has 3 aromatic carbocycles. The highest BCUT2D eigenvalue weighted by molar-refractivity contribution is 7.22. The molecule has 156 valence electrons. The summed E-state index contributed by atoms with van der Waals surface area (Å²) in [6.45, 7) is 2.32. The smallest absolute Gasteiger partial charge is 0.337 e. The van der Waals surface area contributed by atoms with Crippen molar-refractivity contribution in [1.29, 1.82) is 0 Å². The lowest BCUT2D eigenvalue weighted by Gasteiger charge is -2.20. The van der Waals surface area contributed by atoms with Crippen LogP contribution in [0, 0.1) is 6.92 Å². The fourth-order valence-corrected chi connectivity index (χ4v) is 4.69. The van der Waals surface area contributed by atoms with Crippen LogP contribution in [-0.2, 0) is 11.3 Å². The normalized spacial score (nSPS) is 10.8. The Kier molecular flexibility index (Phi) is 6.02. The van der Waals surface area contributed by atoms with E-state index in [1.54, 1.807) is 29.2 Å². The van der Waals surface area contributed by atoms with Gasteiger partial charge >= 0.3 is 5.97 Å². The van der Waals surface area contributed by atoms with Crippen LogP contribution in [0.15, 0.2) is 66.7 Å². The standard InChI is InChI=1S/C24H19ClN2O3S/c1-15-12-19(25)13-20-21(15)26-24(31-20)27(14-16-6-4-3-5-7-16)22(28)17-8-10-18(11-9-17)23(29)30-2/h3-13H,14H2,1-2H3. The minimum absolute atomic E-state index is 0.205. The van der Waals surface area contributed by atoms with Crippen LogP contribution >= 0.6 is 22.9 Å². The van der Waals surface area contributed by atoms with Gasteiger partial charge in [-0.1, -0.05) is 53.3 Å². The van der Waals surface area contributed by atoms with Gasteiger partial charge in [0.15, 0.2) is 5.13 Å². The number of carbonyl (C=O) groups is 2. The Bertz CT molecular complexity index is 1250. The van der Waals surface area contributed by atoms with Gasteiger partial charge in [-0.25, -0.2) is 9.78 Å². The van der Waals surface area contributed by atoms with Crippen molar-refractivity contribution in [2.45, 2.75) is 13.5 Å². The third kappa shape index (κ3) is 4.45. The maximum absolute atomic E-state index is 13.5. The molecule has 1 heterocycles. The highest BCUT2D eigenvalue weighted by atomic mass is 35.5. The van der Waals surface area contributed by atoms with Crippen molar-refractivity contribution in [2.24, 2.45) is 0 Å². The van der Waals surface area contributed by atoms with Gasteiger partial charge in [0.05, 0.1) is 29.4 Å². The Morgan fingerprint density at radius 3 is 2.39 bits per heavy atom. The molecule has 0 bridgehead atoms. The first-order chi connectivity index (χ1) is 15.0. The molecule has 0 N–H and O–H groups in total. The summed E-state index contributed by atoms with van der Waals surface area (Å²) in [5.41, 5.74) is 3.61. The fourth-order valence-electron chi connectivity index (χ4n) is 3.27. The molecule has 0 saturated heterocycles. The van der Waals surface area contributed by atoms with Crippen LogP contribution in [0.3, 0.4) is 0 Å². The average Bonchev–Trinajstić information content (AvgIpc) is 3.21. The second kappa shape index (κ2) is 8.88. The van der Waals surface area contributed by atoms with Crippen LogP contribution in [0.2, 0.25) is 5.02 Å². The molecule has 1 amide bonds. The van der Waals surface area contributed by atoms with E-state index in [2.05, 4.69) is 0 Å². The molecule has 0 aliphatic carbocycles. The van der Waals surface area contributed by atoms with Crippen LogP contribution in [0.4, 0.5) is 5.13 Å². The van der Waals surface area contributed by atoms with Crippen molar-refractivity contribution in [3.8, 4) is 0 Å². The lowest BCUT2D eigenvalue weighted by Crippen LogP contribution is -2.30. The topological polar surface area (TPSA) is 59.5 Å². The summed E-state index contributed by atoms with van der Waals surface area (Å²) in [7, 11) is 1.32. The maximum atomic E-state index is 13.5. The molecule has 7 heteroatoms. The van der Waals surface area contributed by atoms with E-state index in [1.165, 1.54) is 18.4 Å². The van der Waals surface area contributed by atoms with Crippen molar-refractivity contribution in [3.05, 3.63) is 94.0 Å². The minimum atomic E-state index is -0.446. The summed E-state index contributed by atoms with van der Waals surface area (Å²) in [5, 5.41) is 1.23. The highest BCUT2D eigenvalue weighted by Crippen LogP contribution is 2.34. The second-order valence-corrected chi connectivity index (χ2v) is 8.46. The molecule has 31 heavy (non-hydrogen) atoms. The third-order valence-electron chi connectivity index (χ3n) is 4.85. The molecule has 4 aromatic rings. The van der Waals surface area contributed by atoms with Gasteiger partial charge in [-0.05, 0) is 54.4 Å². The average molecular weight is 451 g/mol. The van der Waals surface area contributed by atoms with E-state index in [9.17, 15) is 9.59 Å². The Morgan fingerprint density at radius 1 is 1.03 bits per heavy atom. The lowest BCUT2D eigenvalue weighted by atomic mass is 10.1. The molecule has 4 rings (SSSR count). The van der Waals surface area contributed by atoms with E-state index in [1.807, 2.05) is 49.4 Å². The Balaban J connectivity index is 1.75. The van der Waals surface area contributed by atoms with Crippen LogP contribution in [0.1, 0.15) is 31.8 Å². The number of nitrogens with zero attached hydrogens (tertiary/aromatic N) is 2. The molecule has 0 aliphatic heterocycles. The molecule has 1 aromatic heterocycles. The van der Waals surface area contributed by atoms with Crippen molar-refractivity contribution in [1.82, 2.24) is 4.98 Å². The summed E-state index contributed by atoms with van der Waals surface area (Å²) >= 11 is 7.64. The van der Waals surface area contributed by atoms with Crippen LogP contribution in [0.5, 0.6) is 0 Å². The summed E-state index contributed by atoms with van der Waals surface area (Å²) in [5.74, 6) is -0.651. The molecular formula is C24H19ClN2O3S. The first-order valence-corrected chi connectivity index (χ1v) is 10.8. The second-order valence-electron chi connectivity index (χ2n) is 7.01. The van der Waals surface area contributed by atoms with Crippen molar-refractivity contribution >= 4 is 50.2 Å². The molecule has 0 saturated carbocycles. The summed E-state index contributed by atoms with van der Waals surface area (Å²) in [4.78, 5) is 31.6. The zero-order valence-electron chi connectivity index (χ0n) is 17.0. The number of aryl methyl sites for hydroxylation is 1. The van der Waals surface area contributed by atoms with E-state index < -0.39 is 5.97 Å². The van der Waals surface area contributed by atoms with Gasteiger partial charge in [0, 0.05) is 10.6 Å². The first kappa shape index (κ1) is 21.0. The third-order valence-corrected chi connectivity index (χ3v) is 6.10. The summed E-state index contributed by atoms with van der Waals surface area (Å²) in [6, 6.07) is 19.9. The van der Waals surface area contributed by atoms with Crippen LogP contribution < -0.4 is 4.90 Å². The number of thiazole rings is 1. The molecule has 0 unspecified atom stereocenters. The van der Waals surface area contributed by atoms with Crippen molar-refractivity contribution < 1.29 is 14.3 Å². The van der Waals surface area contributed by atoms with Gasteiger partial charge in [0.25, 0.3) is 5.91 Å². The summed E-state index contributed by atoms with van der Waals surface area (Å²) < 4.78 is 5.66. The number of methoxy groups -OCH3 is 1. The Labute approximate surface area is 188 Å². The SMILES string of the molecule is COC(=O)c1ccc(C(=O)N(Cc2ccccc2)c2nc3c(C)cc(Cl)cc3s2)cc1. The number of halogens is 1. The fraction of sp³-hybridized carbons (Fsp3) is 0.125. The number of ether oxygens (including phenoxy) is 1. The van der Waals surface area contributed by atoms with Gasteiger partial charge in [-0.15, -0.1) is 0 Å².